The molecule has 1 amide bonds. The molecule has 7 heteroatoms. The lowest BCUT2D eigenvalue weighted by Crippen LogP contribution is -2.29. The zero-order chi connectivity index (χ0) is 13.5. The first-order valence-electron chi connectivity index (χ1n) is 6.75. The van der Waals surface area contributed by atoms with Gasteiger partial charge in [0.25, 0.3) is 0 Å². The largest absolute Gasteiger partial charge is 0.378 e. The van der Waals surface area contributed by atoms with Gasteiger partial charge in [0.05, 0.1) is 25.4 Å². The van der Waals surface area contributed by atoms with Crippen molar-refractivity contribution in [1.82, 2.24) is 20.3 Å². The first kappa shape index (κ1) is 14.0. The van der Waals surface area contributed by atoms with E-state index >= 15 is 0 Å². The normalized spacial score (nSPS) is 18.7. The Hall–Kier alpha value is -1.47. The van der Waals surface area contributed by atoms with Gasteiger partial charge in [-0.1, -0.05) is 5.21 Å². The smallest absolute Gasteiger partial charge is 0.234 e. The van der Waals surface area contributed by atoms with Gasteiger partial charge in [0.15, 0.2) is 0 Å². The van der Waals surface area contributed by atoms with Crippen LogP contribution in [-0.2, 0) is 22.6 Å². The summed E-state index contributed by atoms with van der Waals surface area (Å²) in [5.41, 5.74) is 5.95. The molecule has 0 spiro atoms. The third kappa shape index (κ3) is 4.60. The summed E-state index contributed by atoms with van der Waals surface area (Å²) >= 11 is 0. The maximum Gasteiger partial charge on any atom is 0.234 e. The predicted octanol–water partition coefficient (Wildman–Crippen LogP) is -0.188. The average molecular weight is 267 g/mol. The van der Waals surface area contributed by atoms with E-state index in [0.29, 0.717) is 12.6 Å². The second-order valence-corrected chi connectivity index (χ2v) is 4.73. The van der Waals surface area contributed by atoms with Crippen LogP contribution in [0.5, 0.6) is 0 Å². The quantitative estimate of drug-likeness (QED) is 0.714. The molecule has 1 fully saturated rings. The van der Waals surface area contributed by atoms with Crippen LogP contribution in [0.15, 0.2) is 6.20 Å². The summed E-state index contributed by atoms with van der Waals surface area (Å²) in [4.78, 5) is 11.0. The molecule has 3 N–H and O–H groups in total. The molecule has 0 saturated carbocycles. The van der Waals surface area contributed by atoms with Crippen molar-refractivity contribution in [3.8, 4) is 0 Å². The number of aryl methyl sites for hydroxylation is 1. The molecule has 7 nitrogen and oxygen atoms in total. The topological polar surface area (TPSA) is 95.1 Å². The van der Waals surface area contributed by atoms with E-state index in [1.165, 1.54) is 12.8 Å². The Morgan fingerprint density at radius 3 is 3.26 bits per heavy atom. The minimum Gasteiger partial charge on any atom is -0.378 e. The second-order valence-electron chi connectivity index (χ2n) is 4.73. The molecule has 1 atom stereocenters. The van der Waals surface area contributed by atoms with Crippen LogP contribution >= 0.6 is 0 Å². The van der Waals surface area contributed by atoms with Crippen molar-refractivity contribution in [3.05, 3.63) is 11.9 Å². The van der Waals surface area contributed by atoms with Gasteiger partial charge in [-0.05, 0) is 25.7 Å². The summed E-state index contributed by atoms with van der Waals surface area (Å²) in [7, 11) is 0. The second kappa shape index (κ2) is 7.20. The van der Waals surface area contributed by atoms with Gasteiger partial charge in [-0.2, -0.15) is 0 Å². The van der Waals surface area contributed by atoms with Crippen molar-refractivity contribution in [3.63, 3.8) is 0 Å². The lowest BCUT2D eigenvalue weighted by molar-refractivity contribution is -0.119. The van der Waals surface area contributed by atoms with Crippen LogP contribution in [-0.4, -0.2) is 40.2 Å². The predicted molar refractivity (Wildman–Crippen MR) is 69.1 cm³/mol. The van der Waals surface area contributed by atoms with Gasteiger partial charge in [-0.3, -0.25) is 9.48 Å². The molecule has 0 bridgehead atoms. The molecule has 106 valence electrons. The standard InChI is InChI=1S/C12H21N5O2/c13-7-12(18)14-8-10-9-17(16-15-10)5-1-3-11-4-2-6-19-11/h9,11H,1-8,13H2,(H,14,18). The summed E-state index contributed by atoms with van der Waals surface area (Å²) in [6.45, 7) is 2.11. The number of amides is 1. The van der Waals surface area contributed by atoms with Crippen LogP contribution in [0.1, 0.15) is 31.4 Å². The number of hydrogen-bond donors (Lipinski definition) is 2. The van der Waals surface area contributed by atoms with Crippen molar-refractivity contribution >= 4 is 5.91 Å². The van der Waals surface area contributed by atoms with E-state index in [4.69, 9.17) is 10.5 Å². The Bertz CT molecular complexity index is 401. The van der Waals surface area contributed by atoms with Crippen molar-refractivity contribution in [2.24, 2.45) is 5.73 Å². The van der Waals surface area contributed by atoms with Crippen LogP contribution in [0.25, 0.3) is 0 Å². The monoisotopic (exact) mass is 267 g/mol. The van der Waals surface area contributed by atoms with Crippen molar-refractivity contribution < 1.29 is 9.53 Å². The molecule has 1 unspecified atom stereocenters. The molecule has 1 aliphatic heterocycles. The van der Waals surface area contributed by atoms with Crippen LogP contribution < -0.4 is 11.1 Å². The van der Waals surface area contributed by atoms with Gasteiger partial charge in [0.2, 0.25) is 5.91 Å². The number of nitrogens with one attached hydrogen (secondary N) is 1. The highest BCUT2D eigenvalue weighted by atomic mass is 16.5. The van der Waals surface area contributed by atoms with Crippen LogP contribution in [0.2, 0.25) is 0 Å². The van der Waals surface area contributed by atoms with E-state index in [0.717, 1.165) is 31.7 Å². The SMILES string of the molecule is NCC(=O)NCc1cn(CCCC2CCCO2)nn1. The number of ether oxygens (including phenoxy) is 1. The van der Waals surface area contributed by atoms with Crippen LogP contribution in [0, 0.1) is 0 Å². The summed E-state index contributed by atoms with van der Waals surface area (Å²) in [5.74, 6) is -0.187. The lowest BCUT2D eigenvalue weighted by atomic mass is 10.1. The zero-order valence-corrected chi connectivity index (χ0v) is 11.0. The third-order valence-corrected chi connectivity index (χ3v) is 3.18. The summed E-state index contributed by atoms with van der Waals surface area (Å²) in [6, 6.07) is 0. The number of hydrogen-bond acceptors (Lipinski definition) is 5. The highest BCUT2D eigenvalue weighted by molar-refractivity contribution is 5.77. The fourth-order valence-electron chi connectivity index (χ4n) is 2.14. The number of nitrogens with zero attached hydrogens (tertiary/aromatic N) is 3. The van der Waals surface area contributed by atoms with Crippen molar-refractivity contribution in [2.45, 2.75) is 44.9 Å². The molecular weight excluding hydrogens is 246 g/mol. The molecule has 19 heavy (non-hydrogen) atoms. The summed E-state index contributed by atoms with van der Waals surface area (Å²) in [6.07, 6.45) is 6.73. The van der Waals surface area contributed by atoms with Gasteiger partial charge in [-0.15, -0.1) is 5.10 Å². The number of rotatable bonds is 7. The summed E-state index contributed by atoms with van der Waals surface area (Å²) < 4.78 is 7.37. The van der Waals surface area contributed by atoms with E-state index in [1.807, 2.05) is 6.20 Å². The van der Waals surface area contributed by atoms with E-state index < -0.39 is 0 Å². The number of carbonyl (C=O) groups is 1. The fraction of sp³-hybridized carbons (Fsp3) is 0.750. The lowest BCUT2D eigenvalue weighted by Gasteiger charge is -2.08. The molecule has 0 aliphatic carbocycles. The molecule has 1 saturated heterocycles. The van der Waals surface area contributed by atoms with Crippen molar-refractivity contribution in [2.75, 3.05) is 13.2 Å². The number of aromatic nitrogens is 3. The molecule has 1 aromatic rings. The molecule has 1 aromatic heterocycles. The highest BCUT2D eigenvalue weighted by Crippen LogP contribution is 2.16. The maximum absolute atomic E-state index is 11.0. The maximum atomic E-state index is 11.0. The third-order valence-electron chi connectivity index (χ3n) is 3.18. The number of nitrogens with two attached hydrogens (primary N) is 1. The molecular formula is C12H21N5O2. The average Bonchev–Trinajstić information content (AvgIpc) is 3.07. The Morgan fingerprint density at radius 2 is 2.53 bits per heavy atom. The molecule has 1 aliphatic rings. The number of carbonyl (C=O) groups excluding carboxylic acids is 1. The Morgan fingerprint density at radius 1 is 1.63 bits per heavy atom. The molecule has 2 rings (SSSR count). The van der Waals surface area contributed by atoms with E-state index in [-0.39, 0.29) is 12.5 Å². The van der Waals surface area contributed by atoms with Crippen LogP contribution in [0.4, 0.5) is 0 Å². The van der Waals surface area contributed by atoms with E-state index in [2.05, 4.69) is 15.6 Å². The van der Waals surface area contributed by atoms with Gasteiger partial charge in [-0.25, -0.2) is 0 Å². The molecule has 0 aromatic carbocycles. The minimum absolute atomic E-state index is 0.00444. The van der Waals surface area contributed by atoms with Gasteiger partial charge < -0.3 is 15.8 Å². The van der Waals surface area contributed by atoms with Crippen LogP contribution in [0.3, 0.4) is 0 Å². The van der Waals surface area contributed by atoms with Gasteiger partial charge in [0, 0.05) is 13.2 Å². The fourth-order valence-corrected chi connectivity index (χ4v) is 2.14. The molecule has 2 heterocycles. The zero-order valence-electron chi connectivity index (χ0n) is 11.0. The Kier molecular flexibility index (Phi) is 5.29. The van der Waals surface area contributed by atoms with Crippen molar-refractivity contribution in [1.29, 1.82) is 0 Å². The minimum atomic E-state index is -0.187. The Labute approximate surface area is 112 Å². The highest BCUT2D eigenvalue weighted by Gasteiger charge is 2.14. The van der Waals surface area contributed by atoms with Gasteiger partial charge >= 0.3 is 0 Å². The Balaban J connectivity index is 1.66. The van der Waals surface area contributed by atoms with E-state index in [1.54, 1.807) is 4.68 Å². The first-order chi connectivity index (χ1) is 9.28. The van der Waals surface area contributed by atoms with E-state index in [9.17, 15) is 4.79 Å². The summed E-state index contributed by atoms with van der Waals surface area (Å²) in [5, 5.41) is 10.7. The first-order valence-corrected chi connectivity index (χ1v) is 6.75. The van der Waals surface area contributed by atoms with Gasteiger partial charge in [0.1, 0.15) is 5.69 Å². The molecule has 0 radical (unpaired) electrons.